The molecule has 1 aromatic carbocycles. The molecule has 4 N–H and O–H groups in total. The third kappa shape index (κ3) is 5.73. The van der Waals surface area contributed by atoms with Crippen molar-refractivity contribution in [3.05, 3.63) is 23.8 Å². The first-order chi connectivity index (χ1) is 10.1. The molecule has 118 valence electrons. The number of ether oxygens (including phenoxy) is 1. The summed E-state index contributed by atoms with van der Waals surface area (Å²) in [5.74, 6) is 0.0202. The molecule has 0 saturated carbocycles. The molecule has 0 aromatic heterocycles. The zero-order valence-corrected chi connectivity index (χ0v) is 13.2. The van der Waals surface area contributed by atoms with E-state index in [9.17, 15) is 4.79 Å². The van der Waals surface area contributed by atoms with Gasteiger partial charge in [0.05, 0.1) is 6.61 Å². The van der Waals surface area contributed by atoms with Gasteiger partial charge in [0.25, 0.3) is 0 Å². The standard InChI is InChI=1S/C16H27N3O2/c1-4-16(20)19-15-9-5-8-14(12(15)2)18-13(11-21-3)7-6-10-17/h5,8-9,13,18H,4,6-7,10-11,17H2,1-3H3,(H,19,20). The average Bonchev–Trinajstić information content (AvgIpc) is 2.48. The van der Waals surface area contributed by atoms with E-state index in [4.69, 9.17) is 10.5 Å². The quantitative estimate of drug-likeness (QED) is 0.654. The Morgan fingerprint density at radius 1 is 1.38 bits per heavy atom. The largest absolute Gasteiger partial charge is 0.383 e. The van der Waals surface area contributed by atoms with E-state index in [1.165, 1.54) is 0 Å². The number of hydrogen-bond donors (Lipinski definition) is 3. The highest BCUT2D eigenvalue weighted by molar-refractivity contribution is 5.92. The molecule has 0 aliphatic heterocycles. The highest BCUT2D eigenvalue weighted by Crippen LogP contribution is 2.24. The van der Waals surface area contributed by atoms with Crippen LogP contribution in [0.25, 0.3) is 0 Å². The normalized spacial score (nSPS) is 12.0. The molecule has 1 amide bonds. The Bertz CT molecular complexity index is 449. The first-order valence-electron chi connectivity index (χ1n) is 7.47. The topological polar surface area (TPSA) is 76.4 Å². The van der Waals surface area contributed by atoms with Gasteiger partial charge in [0.2, 0.25) is 5.91 Å². The minimum Gasteiger partial charge on any atom is -0.383 e. The lowest BCUT2D eigenvalue weighted by molar-refractivity contribution is -0.115. The molecule has 5 heteroatoms. The number of benzene rings is 1. The Balaban J connectivity index is 2.81. The van der Waals surface area contributed by atoms with Crippen LogP contribution in [0, 0.1) is 6.92 Å². The predicted molar refractivity (Wildman–Crippen MR) is 87.7 cm³/mol. The molecule has 0 bridgehead atoms. The van der Waals surface area contributed by atoms with Gasteiger partial charge in [-0.3, -0.25) is 4.79 Å². The molecule has 1 atom stereocenters. The van der Waals surface area contributed by atoms with Gasteiger partial charge in [-0.25, -0.2) is 0 Å². The summed E-state index contributed by atoms with van der Waals surface area (Å²) in [6.07, 6.45) is 2.38. The fourth-order valence-corrected chi connectivity index (χ4v) is 2.15. The van der Waals surface area contributed by atoms with Gasteiger partial charge in [-0.15, -0.1) is 0 Å². The van der Waals surface area contributed by atoms with Gasteiger partial charge >= 0.3 is 0 Å². The van der Waals surface area contributed by atoms with Crippen LogP contribution in [0.1, 0.15) is 31.7 Å². The van der Waals surface area contributed by atoms with Gasteiger partial charge in [-0.2, -0.15) is 0 Å². The number of carbonyl (C=O) groups is 1. The number of nitrogens with two attached hydrogens (primary N) is 1. The molecule has 0 saturated heterocycles. The molecule has 5 nitrogen and oxygen atoms in total. The molecular weight excluding hydrogens is 266 g/mol. The lowest BCUT2D eigenvalue weighted by atomic mass is 10.1. The van der Waals surface area contributed by atoms with Crippen molar-refractivity contribution in [3.63, 3.8) is 0 Å². The fourth-order valence-electron chi connectivity index (χ4n) is 2.15. The van der Waals surface area contributed by atoms with Crippen molar-refractivity contribution in [3.8, 4) is 0 Å². The first kappa shape index (κ1) is 17.5. The summed E-state index contributed by atoms with van der Waals surface area (Å²) in [4.78, 5) is 11.5. The van der Waals surface area contributed by atoms with E-state index in [0.717, 1.165) is 29.8 Å². The first-order valence-corrected chi connectivity index (χ1v) is 7.47. The lowest BCUT2D eigenvalue weighted by Gasteiger charge is -2.21. The van der Waals surface area contributed by atoms with Crippen LogP contribution in [0.2, 0.25) is 0 Å². The Labute approximate surface area is 127 Å². The number of amides is 1. The van der Waals surface area contributed by atoms with Crippen molar-refractivity contribution in [1.82, 2.24) is 0 Å². The van der Waals surface area contributed by atoms with Crippen LogP contribution in [0.5, 0.6) is 0 Å². The van der Waals surface area contributed by atoms with Crippen molar-refractivity contribution < 1.29 is 9.53 Å². The van der Waals surface area contributed by atoms with Gasteiger partial charge in [0.1, 0.15) is 0 Å². The maximum atomic E-state index is 11.5. The number of rotatable bonds is 9. The van der Waals surface area contributed by atoms with Crippen LogP contribution in [0.3, 0.4) is 0 Å². The summed E-state index contributed by atoms with van der Waals surface area (Å²) in [6, 6.07) is 6.09. The maximum Gasteiger partial charge on any atom is 0.224 e. The molecule has 0 radical (unpaired) electrons. The van der Waals surface area contributed by atoms with Gasteiger partial charge in [0.15, 0.2) is 0 Å². The van der Waals surface area contributed by atoms with Crippen molar-refractivity contribution in [2.24, 2.45) is 5.73 Å². The Morgan fingerprint density at radius 2 is 2.10 bits per heavy atom. The van der Waals surface area contributed by atoms with Crippen LogP contribution >= 0.6 is 0 Å². The van der Waals surface area contributed by atoms with Crippen LogP contribution in [-0.4, -0.2) is 32.2 Å². The van der Waals surface area contributed by atoms with Crippen molar-refractivity contribution >= 4 is 17.3 Å². The number of nitrogens with one attached hydrogen (secondary N) is 2. The lowest BCUT2D eigenvalue weighted by Crippen LogP contribution is -2.26. The third-order valence-electron chi connectivity index (χ3n) is 3.41. The molecule has 0 fully saturated rings. The summed E-state index contributed by atoms with van der Waals surface area (Å²) >= 11 is 0. The van der Waals surface area contributed by atoms with Crippen LogP contribution in [0.4, 0.5) is 11.4 Å². The van der Waals surface area contributed by atoms with Crippen molar-refractivity contribution in [1.29, 1.82) is 0 Å². The minimum absolute atomic E-state index is 0.0202. The fraction of sp³-hybridized carbons (Fsp3) is 0.562. The van der Waals surface area contributed by atoms with Gasteiger partial charge < -0.3 is 21.1 Å². The minimum atomic E-state index is 0.0202. The number of anilines is 2. The second kappa shape index (κ2) is 9.37. The molecule has 0 aliphatic rings. The summed E-state index contributed by atoms with van der Waals surface area (Å²) in [5.41, 5.74) is 8.48. The van der Waals surface area contributed by atoms with Crippen molar-refractivity contribution in [2.75, 3.05) is 30.9 Å². The number of methoxy groups -OCH3 is 1. The van der Waals surface area contributed by atoms with E-state index in [1.54, 1.807) is 7.11 Å². The van der Waals surface area contributed by atoms with Crippen LogP contribution < -0.4 is 16.4 Å². The van der Waals surface area contributed by atoms with E-state index in [2.05, 4.69) is 10.6 Å². The third-order valence-corrected chi connectivity index (χ3v) is 3.41. The SMILES string of the molecule is CCC(=O)Nc1cccc(NC(CCCN)COC)c1C. The molecule has 21 heavy (non-hydrogen) atoms. The van der Waals surface area contributed by atoms with Crippen LogP contribution in [-0.2, 0) is 9.53 Å². The van der Waals surface area contributed by atoms with Gasteiger partial charge in [0, 0.05) is 30.9 Å². The summed E-state index contributed by atoms with van der Waals surface area (Å²) in [7, 11) is 1.70. The highest BCUT2D eigenvalue weighted by Gasteiger charge is 2.11. The number of carbonyl (C=O) groups excluding carboxylic acids is 1. The molecule has 0 spiro atoms. The highest BCUT2D eigenvalue weighted by atomic mass is 16.5. The van der Waals surface area contributed by atoms with E-state index in [-0.39, 0.29) is 11.9 Å². The zero-order valence-electron chi connectivity index (χ0n) is 13.2. The Kier molecular flexibility index (Phi) is 7.79. The smallest absolute Gasteiger partial charge is 0.224 e. The summed E-state index contributed by atoms with van der Waals surface area (Å²) in [6.45, 7) is 5.15. The van der Waals surface area contributed by atoms with E-state index in [0.29, 0.717) is 19.6 Å². The molecule has 1 unspecified atom stereocenters. The van der Waals surface area contributed by atoms with Crippen LogP contribution in [0.15, 0.2) is 18.2 Å². The molecule has 0 heterocycles. The van der Waals surface area contributed by atoms with E-state index < -0.39 is 0 Å². The molecule has 0 aliphatic carbocycles. The van der Waals surface area contributed by atoms with E-state index in [1.807, 2.05) is 32.0 Å². The monoisotopic (exact) mass is 293 g/mol. The zero-order chi connectivity index (χ0) is 15.7. The second-order valence-electron chi connectivity index (χ2n) is 5.11. The molecule has 1 aromatic rings. The van der Waals surface area contributed by atoms with Gasteiger partial charge in [-0.1, -0.05) is 13.0 Å². The summed E-state index contributed by atoms with van der Waals surface area (Å²) < 4.78 is 5.25. The Morgan fingerprint density at radius 3 is 2.71 bits per heavy atom. The number of hydrogen-bond acceptors (Lipinski definition) is 4. The Hall–Kier alpha value is -1.59. The summed E-state index contributed by atoms with van der Waals surface area (Å²) in [5, 5.41) is 6.40. The molecular formula is C16H27N3O2. The predicted octanol–water partition coefficient (Wildman–Crippen LogP) is 2.51. The van der Waals surface area contributed by atoms with Gasteiger partial charge in [-0.05, 0) is 44.0 Å². The maximum absolute atomic E-state index is 11.5. The van der Waals surface area contributed by atoms with Crippen molar-refractivity contribution in [2.45, 2.75) is 39.2 Å². The average molecular weight is 293 g/mol. The van der Waals surface area contributed by atoms with E-state index >= 15 is 0 Å². The molecule has 1 rings (SSSR count). The second-order valence-corrected chi connectivity index (χ2v) is 5.11.